The molecule has 2 saturated heterocycles. The van der Waals surface area contributed by atoms with Gasteiger partial charge in [-0.1, -0.05) is 11.6 Å². The Morgan fingerprint density at radius 2 is 1.72 bits per heavy atom. The minimum Gasteiger partial charge on any atom is -0.369 e. The van der Waals surface area contributed by atoms with Gasteiger partial charge in [-0.05, 0) is 69.2 Å². The number of fused-ring (bicyclic) bond motifs is 1. The molecule has 3 aliphatic rings. The lowest BCUT2D eigenvalue weighted by Crippen LogP contribution is -2.73. The third-order valence-electron chi connectivity index (χ3n) is 7.92. The van der Waals surface area contributed by atoms with E-state index < -0.39 is 5.54 Å². The number of amides is 2. The second-order valence-corrected chi connectivity index (χ2v) is 11.3. The number of aryl methyl sites for hydroxylation is 2. The molecule has 7 nitrogen and oxygen atoms in total. The summed E-state index contributed by atoms with van der Waals surface area (Å²) in [6, 6.07) is 9.37. The van der Waals surface area contributed by atoms with E-state index in [9.17, 15) is 9.59 Å². The fraction of sp³-hybridized carbons (Fsp3) is 0.357. The highest BCUT2D eigenvalue weighted by Crippen LogP contribution is 2.46. The van der Waals surface area contributed by atoms with Crippen LogP contribution in [0.2, 0.25) is 5.02 Å². The second-order valence-electron chi connectivity index (χ2n) is 10.9. The summed E-state index contributed by atoms with van der Waals surface area (Å²) in [4.78, 5) is 41.2. The highest BCUT2D eigenvalue weighted by atomic mass is 35.5. The van der Waals surface area contributed by atoms with Gasteiger partial charge in [-0.15, -0.1) is 0 Å². The molecule has 2 aromatic heterocycles. The van der Waals surface area contributed by atoms with Gasteiger partial charge in [0, 0.05) is 48.4 Å². The number of hydrogen-bond donors (Lipinski definition) is 0. The molecular weight excluding hydrogens is 474 g/mol. The SMILES string of the molecule is Cc1ccnc(C)c1C(=O)N1CC2(C1)CN(c1cncc(N3C(=O)c4ccc(Cl)cc4C3(C)C)c1)C2. The molecule has 0 unspecified atom stereocenters. The normalized spacial score (nSPS) is 19.2. The Labute approximate surface area is 215 Å². The van der Waals surface area contributed by atoms with Crippen molar-refractivity contribution in [1.29, 1.82) is 0 Å². The lowest BCUT2D eigenvalue weighted by molar-refractivity contribution is -0.0106. The van der Waals surface area contributed by atoms with E-state index in [1.165, 1.54) is 0 Å². The topological polar surface area (TPSA) is 69.6 Å². The first-order valence-electron chi connectivity index (χ1n) is 12.2. The lowest BCUT2D eigenvalue weighted by Gasteiger charge is -2.61. The molecule has 0 bridgehead atoms. The molecule has 0 aliphatic carbocycles. The maximum Gasteiger partial charge on any atom is 0.259 e. The average molecular weight is 502 g/mol. The van der Waals surface area contributed by atoms with Gasteiger partial charge in [0.15, 0.2) is 0 Å². The van der Waals surface area contributed by atoms with E-state index in [2.05, 4.69) is 14.9 Å². The van der Waals surface area contributed by atoms with Gasteiger partial charge in [-0.3, -0.25) is 24.5 Å². The van der Waals surface area contributed by atoms with Crippen molar-refractivity contribution in [2.45, 2.75) is 33.2 Å². The van der Waals surface area contributed by atoms with Crippen LogP contribution in [0.15, 0.2) is 48.9 Å². The second kappa shape index (κ2) is 7.77. The third-order valence-corrected chi connectivity index (χ3v) is 8.16. The van der Waals surface area contributed by atoms with Crippen LogP contribution >= 0.6 is 11.6 Å². The Morgan fingerprint density at radius 1 is 1.00 bits per heavy atom. The van der Waals surface area contributed by atoms with Gasteiger partial charge >= 0.3 is 0 Å². The largest absolute Gasteiger partial charge is 0.369 e. The molecule has 184 valence electrons. The lowest BCUT2D eigenvalue weighted by atomic mass is 9.72. The third kappa shape index (κ3) is 3.33. The molecule has 0 atom stereocenters. The zero-order valence-electron chi connectivity index (χ0n) is 20.9. The van der Waals surface area contributed by atoms with Crippen LogP contribution in [0.25, 0.3) is 0 Å². The van der Waals surface area contributed by atoms with Crippen molar-refractivity contribution in [2.75, 3.05) is 36.0 Å². The number of likely N-dealkylation sites (tertiary alicyclic amines) is 1. The summed E-state index contributed by atoms with van der Waals surface area (Å²) in [7, 11) is 0. The molecule has 8 heteroatoms. The number of anilines is 2. The summed E-state index contributed by atoms with van der Waals surface area (Å²) >= 11 is 6.23. The highest BCUT2D eigenvalue weighted by molar-refractivity contribution is 6.31. The van der Waals surface area contributed by atoms with Crippen LogP contribution < -0.4 is 9.80 Å². The van der Waals surface area contributed by atoms with E-state index in [0.717, 1.165) is 59.9 Å². The van der Waals surface area contributed by atoms with Crippen LogP contribution in [0.3, 0.4) is 0 Å². The minimum atomic E-state index is -0.537. The van der Waals surface area contributed by atoms with E-state index in [-0.39, 0.29) is 17.2 Å². The van der Waals surface area contributed by atoms with E-state index >= 15 is 0 Å². The molecule has 0 saturated carbocycles. The number of halogens is 1. The van der Waals surface area contributed by atoms with Crippen molar-refractivity contribution in [2.24, 2.45) is 5.41 Å². The summed E-state index contributed by atoms with van der Waals surface area (Å²) in [6.07, 6.45) is 5.34. The van der Waals surface area contributed by atoms with Gasteiger partial charge in [0.2, 0.25) is 0 Å². The molecule has 1 aromatic carbocycles. The van der Waals surface area contributed by atoms with E-state index in [1.54, 1.807) is 24.5 Å². The van der Waals surface area contributed by atoms with E-state index in [0.29, 0.717) is 10.6 Å². The molecule has 5 heterocycles. The molecule has 3 aromatic rings. The summed E-state index contributed by atoms with van der Waals surface area (Å²) in [5, 5.41) is 0.621. The number of carbonyl (C=O) groups is 2. The zero-order valence-corrected chi connectivity index (χ0v) is 21.6. The number of aromatic nitrogens is 2. The first-order chi connectivity index (χ1) is 17.1. The number of carbonyl (C=O) groups excluding carboxylic acids is 2. The summed E-state index contributed by atoms with van der Waals surface area (Å²) in [6.45, 7) is 11.1. The van der Waals surface area contributed by atoms with Crippen molar-refractivity contribution in [3.63, 3.8) is 0 Å². The quantitative estimate of drug-likeness (QED) is 0.524. The molecule has 2 amide bonds. The van der Waals surface area contributed by atoms with Crippen molar-refractivity contribution < 1.29 is 9.59 Å². The van der Waals surface area contributed by atoms with Gasteiger partial charge in [0.05, 0.1) is 40.6 Å². The van der Waals surface area contributed by atoms with Crippen molar-refractivity contribution in [1.82, 2.24) is 14.9 Å². The molecule has 3 aliphatic heterocycles. The molecule has 2 fully saturated rings. The number of pyridine rings is 2. The van der Waals surface area contributed by atoms with Gasteiger partial charge in [-0.25, -0.2) is 0 Å². The maximum absolute atomic E-state index is 13.3. The van der Waals surface area contributed by atoms with Gasteiger partial charge < -0.3 is 9.80 Å². The van der Waals surface area contributed by atoms with Gasteiger partial charge in [-0.2, -0.15) is 0 Å². The molecular formula is C28H28ClN5O2. The van der Waals surface area contributed by atoms with Crippen molar-refractivity contribution in [3.05, 3.63) is 81.9 Å². The number of benzene rings is 1. The summed E-state index contributed by atoms with van der Waals surface area (Å²) in [5.74, 6) is 0.0279. The Kier molecular flexibility index (Phi) is 4.96. The predicted octanol–water partition coefficient (Wildman–Crippen LogP) is 4.60. The van der Waals surface area contributed by atoms with Crippen molar-refractivity contribution in [3.8, 4) is 0 Å². The minimum absolute atomic E-state index is 0.0418. The molecule has 6 rings (SSSR count). The fourth-order valence-electron chi connectivity index (χ4n) is 6.08. The number of rotatable bonds is 3. The number of hydrogen-bond acceptors (Lipinski definition) is 5. The Bertz CT molecular complexity index is 1400. The molecule has 1 spiro atoms. The summed E-state index contributed by atoms with van der Waals surface area (Å²) < 4.78 is 0. The Hall–Kier alpha value is -3.45. The number of nitrogens with zero attached hydrogens (tertiary/aromatic N) is 5. The fourth-order valence-corrected chi connectivity index (χ4v) is 6.26. The van der Waals surface area contributed by atoms with Crippen LogP contribution in [0.1, 0.15) is 51.4 Å². The Balaban J connectivity index is 1.16. The van der Waals surface area contributed by atoms with Crippen molar-refractivity contribution >= 4 is 34.8 Å². The molecule has 0 N–H and O–H groups in total. The smallest absolute Gasteiger partial charge is 0.259 e. The van der Waals surface area contributed by atoms with Crippen LogP contribution in [0, 0.1) is 19.3 Å². The van der Waals surface area contributed by atoms with Crippen LogP contribution in [0.5, 0.6) is 0 Å². The van der Waals surface area contributed by atoms with Gasteiger partial charge in [0.1, 0.15) is 0 Å². The highest BCUT2D eigenvalue weighted by Gasteiger charge is 2.54. The maximum atomic E-state index is 13.3. The first-order valence-corrected chi connectivity index (χ1v) is 12.5. The van der Waals surface area contributed by atoms with Crippen LogP contribution in [-0.2, 0) is 5.54 Å². The monoisotopic (exact) mass is 501 g/mol. The predicted molar refractivity (Wildman–Crippen MR) is 140 cm³/mol. The van der Waals surface area contributed by atoms with Crippen LogP contribution in [0.4, 0.5) is 11.4 Å². The van der Waals surface area contributed by atoms with E-state index in [4.69, 9.17) is 11.6 Å². The van der Waals surface area contributed by atoms with Crippen LogP contribution in [-0.4, -0.2) is 52.9 Å². The standard InChI is InChI=1S/C28H28ClN5O2/c1-17-7-8-31-18(2)24(17)26(36)33-15-28(16-33)13-32(14-28)20-10-21(12-30-11-20)34-25(35)22-6-5-19(29)9-23(22)27(34,3)4/h5-12H,13-16H2,1-4H3. The zero-order chi connectivity index (χ0) is 25.4. The molecule has 0 radical (unpaired) electrons. The average Bonchev–Trinajstić information content (AvgIpc) is 2.96. The molecule has 36 heavy (non-hydrogen) atoms. The van der Waals surface area contributed by atoms with E-state index in [1.807, 2.05) is 61.9 Å². The summed E-state index contributed by atoms with van der Waals surface area (Å²) in [5.41, 5.74) is 5.40. The van der Waals surface area contributed by atoms with Gasteiger partial charge in [0.25, 0.3) is 11.8 Å². The first kappa shape index (κ1) is 23.0. The Morgan fingerprint density at radius 3 is 2.44 bits per heavy atom.